The van der Waals surface area contributed by atoms with E-state index < -0.39 is 0 Å². The highest BCUT2D eigenvalue weighted by atomic mass is 79.9. The minimum Gasteiger partial charge on any atom is -0.497 e. The first-order valence-corrected chi connectivity index (χ1v) is 7.71. The van der Waals surface area contributed by atoms with Gasteiger partial charge in [0.05, 0.1) is 7.11 Å². The average Bonchev–Trinajstić information content (AvgIpc) is 2.49. The summed E-state index contributed by atoms with van der Waals surface area (Å²) < 4.78 is 6.51. The average molecular weight is 332 g/mol. The van der Waals surface area contributed by atoms with E-state index in [9.17, 15) is 0 Å². The van der Waals surface area contributed by atoms with Crippen molar-refractivity contribution in [2.24, 2.45) is 0 Å². The Balaban J connectivity index is 1.88. The SMILES string of the molecule is COc1ccc2c(c1)CCNC2Cc1ccccc1Br. The van der Waals surface area contributed by atoms with Crippen LogP contribution in [0.2, 0.25) is 0 Å². The van der Waals surface area contributed by atoms with Crippen molar-refractivity contribution in [2.45, 2.75) is 18.9 Å². The number of fused-ring (bicyclic) bond motifs is 1. The van der Waals surface area contributed by atoms with Gasteiger partial charge in [0.1, 0.15) is 5.75 Å². The Morgan fingerprint density at radius 2 is 2.10 bits per heavy atom. The van der Waals surface area contributed by atoms with Crippen molar-refractivity contribution in [1.29, 1.82) is 0 Å². The quantitative estimate of drug-likeness (QED) is 0.921. The summed E-state index contributed by atoms with van der Waals surface area (Å²) in [7, 11) is 1.72. The van der Waals surface area contributed by atoms with Crippen molar-refractivity contribution in [2.75, 3.05) is 13.7 Å². The maximum atomic E-state index is 5.32. The molecule has 104 valence electrons. The first-order valence-electron chi connectivity index (χ1n) is 6.91. The normalized spacial score (nSPS) is 17.6. The monoisotopic (exact) mass is 331 g/mol. The lowest BCUT2D eigenvalue weighted by molar-refractivity contribution is 0.412. The Morgan fingerprint density at radius 1 is 1.25 bits per heavy atom. The predicted octanol–water partition coefficient (Wildman–Crippen LogP) is 3.89. The van der Waals surface area contributed by atoms with Gasteiger partial charge in [0.2, 0.25) is 0 Å². The minimum absolute atomic E-state index is 0.378. The highest BCUT2D eigenvalue weighted by molar-refractivity contribution is 9.10. The Labute approximate surface area is 128 Å². The molecule has 1 unspecified atom stereocenters. The van der Waals surface area contributed by atoms with Crippen LogP contribution in [0.25, 0.3) is 0 Å². The first-order chi connectivity index (χ1) is 9.78. The Bertz CT molecular complexity index is 612. The maximum absolute atomic E-state index is 5.32. The van der Waals surface area contributed by atoms with Gasteiger partial charge in [0, 0.05) is 10.5 Å². The lowest BCUT2D eigenvalue weighted by Crippen LogP contribution is -2.31. The van der Waals surface area contributed by atoms with Crippen LogP contribution < -0.4 is 10.1 Å². The van der Waals surface area contributed by atoms with E-state index >= 15 is 0 Å². The van der Waals surface area contributed by atoms with Crippen LogP contribution in [0.1, 0.15) is 22.7 Å². The number of methoxy groups -OCH3 is 1. The number of hydrogen-bond donors (Lipinski definition) is 1. The second-order valence-corrected chi connectivity index (χ2v) is 5.97. The summed E-state index contributed by atoms with van der Waals surface area (Å²) in [5, 5.41) is 3.63. The number of halogens is 1. The van der Waals surface area contributed by atoms with Crippen molar-refractivity contribution < 1.29 is 4.74 Å². The number of hydrogen-bond acceptors (Lipinski definition) is 2. The highest BCUT2D eigenvalue weighted by Crippen LogP contribution is 2.30. The molecule has 2 nitrogen and oxygen atoms in total. The number of rotatable bonds is 3. The summed E-state index contributed by atoms with van der Waals surface area (Å²) in [5.74, 6) is 0.949. The van der Waals surface area contributed by atoms with Gasteiger partial charge in [-0.3, -0.25) is 0 Å². The Kier molecular flexibility index (Phi) is 4.08. The smallest absolute Gasteiger partial charge is 0.119 e. The summed E-state index contributed by atoms with van der Waals surface area (Å²) in [6.45, 7) is 1.02. The van der Waals surface area contributed by atoms with Gasteiger partial charge in [-0.2, -0.15) is 0 Å². The number of benzene rings is 2. The van der Waals surface area contributed by atoms with Gasteiger partial charge in [-0.05, 0) is 54.3 Å². The van der Waals surface area contributed by atoms with E-state index in [4.69, 9.17) is 4.74 Å². The largest absolute Gasteiger partial charge is 0.497 e. The van der Waals surface area contributed by atoms with E-state index in [1.54, 1.807) is 7.11 Å². The van der Waals surface area contributed by atoms with Crippen LogP contribution >= 0.6 is 15.9 Å². The van der Waals surface area contributed by atoms with Crippen LogP contribution in [0.4, 0.5) is 0 Å². The van der Waals surface area contributed by atoms with Crippen LogP contribution in [0.15, 0.2) is 46.9 Å². The predicted molar refractivity (Wildman–Crippen MR) is 85.3 cm³/mol. The Morgan fingerprint density at radius 3 is 2.90 bits per heavy atom. The van der Waals surface area contributed by atoms with Crippen LogP contribution in [-0.4, -0.2) is 13.7 Å². The van der Waals surface area contributed by atoms with Crippen molar-refractivity contribution in [3.8, 4) is 5.75 Å². The van der Waals surface area contributed by atoms with E-state index in [-0.39, 0.29) is 0 Å². The highest BCUT2D eigenvalue weighted by Gasteiger charge is 2.20. The van der Waals surface area contributed by atoms with Crippen LogP contribution in [0, 0.1) is 0 Å². The molecule has 2 aromatic carbocycles. The molecule has 0 bridgehead atoms. The zero-order chi connectivity index (χ0) is 13.9. The van der Waals surface area contributed by atoms with E-state index in [1.165, 1.54) is 21.2 Å². The molecule has 2 aromatic rings. The van der Waals surface area contributed by atoms with Gasteiger partial charge in [-0.25, -0.2) is 0 Å². The molecular weight excluding hydrogens is 314 g/mol. The molecule has 1 heterocycles. The van der Waals surface area contributed by atoms with Crippen molar-refractivity contribution in [3.63, 3.8) is 0 Å². The summed E-state index contributed by atoms with van der Waals surface area (Å²) in [6.07, 6.45) is 2.07. The molecule has 0 saturated carbocycles. The molecular formula is C17H18BrNO. The maximum Gasteiger partial charge on any atom is 0.119 e. The molecule has 0 aromatic heterocycles. The summed E-state index contributed by atoms with van der Waals surface area (Å²) >= 11 is 3.64. The third-order valence-corrected chi connectivity index (χ3v) is 4.67. The fourth-order valence-corrected chi connectivity index (χ4v) is 3.27. The number of nitrogens with one attached hydrogen (secondary N) is 1. The second-order valence-electron chi connectivity index (χ2n) is 5.12. The molecule has 1 aliphatic rings. The lowest BCUT2D eigenvalue weighted by Gasteiger charge is -2.27. The molecule has 20 heavy (non-hydrogen) atoms. The van der Waals surface area contributed by atoms with Gasteiger partial charge in [0.25, 0.3) is 0 Å². The molecule has 0 spiro atoms. The van der Waals surface area contributed by atoms with Gasteiger partial charge < -0.3 is 10.1 Å². The van der Waals surface area contributed by atoms with E-state index in [1.807, 2.05) is 0 Å². The zero-order valence-electron chi connectivity index (χ0n) is 11.5. The summed E-state index contributed by atoms with van der Waals surface area (Å²) in [6, 6.07) is 15.2. The van der Waals surface area contributed by atoms with Gasteiger partial charge in [0.15, 0.2) is 0 Å². The zero-order valence-corrected chi connectivity index (χ0v) is 13.1. The van der Waals surface area contributed by atoms with E-state index in [2.05, 4.69) is 63.7 Å². The molecule has 0 aliphatic carbocycles. The number of ether oxygens (including phenoxy) is 1. The topological polar surface area (TPSA) is 21.3 Å². The van der Waals surface area contributed by atoms with E-state index in [0.29, 0.717) is 6.04 Å². The fourth-order valence-electron chi connectivity index (χ4n) is 2.82. The van der Waals surface area contributed by atoms with Gasteiger partial charge >= 0.3 is 0 Å². The third kappa shape index (κ3) is 2.74. The Hall–Kier alpha value is -1.32. The molecule has 1 atom stereocenters. The lowest BCUT2D eigenvalue weighted by atomic mass is 9.90. The van der Waals surface area contributed by atoms with Crippen molar-refractivity contribution >= 4 is 15.9 Å². The van der Waals surface area contributed by atoms with Crippen molar-refractivity contribution in [3.05, 3.63) is 63.6 Å². The van der Waals surface area contributed by atoms with E-state index in [0.717, 1.165) is 25.1 Å². The van der Waals surface area contributed by atoms with Crippen LogP contribution in [0.5, 0.6) is 5.75 Å². The molecule has 1 N–H and O–H groups in total. The first kappa shape index (κ1) is 13.7. The summed E-state index contributed by atoms with van der Waals surface area (Å²) in [5.41, 5.74) is 4.14. The molecule has 0 amide bonds. The minimum atomic E-state index is 0.378. The standard InChI is InChI=1S/C17H18BrNO/c1-20-14-6-7-15-12(10-14)8-9-19-17(15)11-13-4-2-3-5-16(13)18/h2-7,10,17,19H,8-9,11H2,1H3. The van der Waals surface area contributed by atoms with Crippen LogP contribution in [0.3, 0.4) is 0 Å². The molecule has 0 saturated heterocycles. The fraction of sp³-hybridized carbons (Fsp3) is 0.294. The van der Waals surface area contributed by atoms with Gasteiger partial charge in [-0.15, -0.1) is 0 Å². The molecule has 1 aliphatic heterocycles. The van der Waals surface area contributed by atoms with Crippen molar-refractivity contribution in [1.82, 2.24) is 5.32 Å². The molecule has 3 rings (SSSR count). The second kappa shape index (κ2) is 5.98. The van der Waals surface area contributed by atoms with Crippen LogP contribution in [-0.2, 0) is 12.8 Å². The molecule has 0 fully saturated rings. The van der Waals surface area contributed by atoms with Gasteiger partial charge in [-0.1, -0.05) is 40.2 Å². The molecule has 0 radical (unpaired) electrons. The third-order valence-electron chi connectivity index (χ3n) is 3.89. The molecule has 3 heteroatoms. The summed E-state index contributed by atoms with van der Waals surface area (Å²) in [4.78, 5) is 0.